The van der Waals surface area contributed by atoms with Crippen LogP contribution >= 0.6 is 24.0 Å². The molecule has 1 heterocycles. The minimum absolute atomic E-state index is 0. The molecule has 0 amide bonds. The molecular weight excluding hydrogens is 534 g/mol. The molecule has 1 saturated heterocycles. The van der Waals surface area contributed by atoms with Gasteiger partial charge in [-0.1, -0.05) is 30.3 Å². The van der Waals surface area contributed by atoms with Crippen molar-refractivity contribution in [3.63, 3.8) is 0 Å². The number of ether oxygens (including phenoxy) is 1. The largest absolute Gasteiger partial charge is 0.494 e. The summed E-state index contributed by atoms with van der Waals surface area (Å²) in [7, 11) is 1.46. The quantitative estimate of drug-likeness (QED) is 0.252. The average Bonchev–Trinajstić information content (AvgIpc) is 2.80. The summed E-state index contributed by atoms with van der Waals surface area (Å²) < 4.78 is 19.0. The number of methoxy groups -OCH3 is 1. The summed E-state index contributed by atoms with van der Waals surface area (Å²) in [5.41, 5.74) is 3.22. The van der Waals surface area contributed by atoms with Crippen LogP contribution < -0.4 is 15.4 Å². The molecule has 2 aromatic carbocycles. The van der Waals surface area contributed by atoms with Crippen molar-refractivity contribution in [1.82, 2.24) is 15.5 Å². The Morgan fingerprint density at radius 1 is 1.18 bits per heavy atom. The summed E-state index contributed by atoms with van der Waals surface area (Å²) in [6.07, 6.45) is 1.57. The van der Waals surface area contributed by atoms with Gasteiger partial charge in [-0.25, -0.2) is 9.38 Å². The predicted octanol–water partition coefficient (Wildman–Crippen LogP) is 4.23. The van der Waals surface area contributed by atoms with E-state index in [1.165, 1.54) is 18.7 Å². The summed E-state index contributed by atoms with van der Waals surface area (Å²) in [5, 5.41) is 16.2. The standard InChI is InChI=1S/C25H35FN4O2.HI/c1-4-27-25(29-18(2)21-9-10-24(32-3)23(26)15-21)28-16-19-5-7-20(8-6-19)17-30-13-11-22(31)12-14-30;/h5-10,15,18,22,31H,4,11-14,16-17H2,1-3H3,(H2,27,28,29);1H. The molecule has 6 nitrogen and oxygen atoms in total. The number of guanidine groups is 1. The average molecular weight is 570 g/mol. The molecular formula is C25H36FIN4O2. The van der Waals surface area contributed by atoms with Crippen LogP contribution in [0.5, 0.6) is 5.75 Å². The van der Waals surface area contributed by atoms with Crippen LogP contribution in [0.4, 0.5) is 4.39 Å². The van der Waals surface area contributed by atoms with Crippen LogP contribution in [0.3, 0.4) is 0 Å². The molecule has 1 aliphatic heterocycles. The molecule has 0 aliphatic carbocycles. The Bertz CT molecular complexity index is 886. The van der Waals surface area contributed by atoms with Crippen molar-refractivity contribution < 1.29 is 14.2 Å². The molecule has 3 rings (SSSR count). The first kappa shape index (κ1) is 27.3. The van der Waals surface area contributed by atoms with E-state index < -0.39 is 0 Å². The minimum Gasteiger partial charge on any atom is -0.494 e. The topological polar surface area (TPSA) is 69.1 Å². The Labute approximate surface area is 213 Å². The Balaban J connectivity index is 0.00000385. The maximum atomic E-state index is 14.1. The normalized spacial score (nSPS) is 16.1. The fourth-order valence-electron chi connectivity index (χ4n) is 3.82. The Morgan fingerprint density at radius 3 is 2.45 bits per heavy atom. The second-order valence-electron chi connectivity index (χ2n) is 8.28. The van der Waals surface area contributed by atoms with Crippen molar-refractivity contribution in [1.29, 1.82) is 0 Å². The van der Waals surface area contributed by atoms with Gasteiger partial charge >= 0.3 is 0 Å². The van der Waals surface area contributed by atoms with Crippen LogP contribution in [-0.2, 0) is 13.1 Å². The van der Waals surface area contributed by atoms with Gasteiger partial charge in [-0.05, 0) is 55.5 Å². The zero-order chi connectivity index (χ0) is 22.9. The van der Waals surface area contributed by atoms with Crippen LogP contribution in [0.15, 0.2) is 47.5 Å². The molecule has 0 radical (unpaired) electrons. The van der Waals surface area contributed by atoms with Crippen LogP contribution in [0, 0.1) is 5.82 Å². The number of aliphatic imine (C=N–C) groups is 1. The van der Waals surface area contributed by atoms with Gasteiger partial charge in [0, 0.05) is 26.2 Å². The molecule has 0 aromatic heterocycles. The van der Waals surface area contributed by atoms with Crippen molar-refractivity contribution in [3.8, 4) is 5.75 Å². The molecule has 3 N–H and O–H groups in total. The van der Waals surface area contributed by atoms with Crippen molar-refractivity contribution in [2.24, 2.45) is 4.99 Å². The van der Waals surface area contributed by atoms with E-state index in [-0.39, 0.29) is 47.7 Å². The number of aliphatic hydroxyl groups excluding tert-OH is 1. The van der Waals surface area contributed by atoms with Crippen LogP contribution in [-0.4, -0.2) is 48.8 Å². The first-order valence-corrected chi connectivity index (χ1v) is 11.3. The Morgan fingerprint density at radius 2 is 1.85 bits per heavy atom. The van der Waals surface area contributed by atoms with E-state index in [2.05, 4.69) is 39.8 Å². The third kappa shape index (κ3) is 8.42. The molecule has 0 bridgehead atoms. The molecule has 8 heteroatoms. The van der Waals surface area contributed by atoms with Crippen molar-refractivity contribution in [2.45, 2.75) is 51.9 Å². The lowest BCUT2D eigenvalue weighted by Crippen LogP contribution is -2.38. The monoisotopic (exact) mass is 570 g/mol. The van der Waals surface area contributed by atoms with Gasteiger partial charge in [0.05, 0.1) is 25.8 Å². The highest BCUT2D eigenvalue weighted by atomic mass is 127. The van der Waals surface area contributed by atoms with Gasteiger partial charge in [0.1, 0.15) is 0 Å². The van der Waals surface area contributed by atoms with Gasteiger partial charge in [0.15, 0.2) is 17.5 Å². The smallest absolute Gasteiger partial charge is 0.192 e. The summed E-state index contributed by atoms with van der Waals surface area (Å²) in [4.78, 5) is 7.08. The van der Waals surface area contributed by atoms with E-state index in [1.807, 2.05) is 19.9 Å². The van der Waals surface area contributed by atoms with Gasteiger partial charge < -0.3 is 20.5 Å². The molecule has 1 aliphatic rings. The second kappa shape index (κ2) is 13.7. The molecule has 0 saturated carbocycles. The number of piperidine rings is 1. The molecule has 33 heavy (non-hydrogen) atoms. The fraction of sp³-hybridized carbons (Fsp3) is 0.480. The van der Waals surface area contributed by atoms with Crippen molar-refractivity contribution in [3.05, 3.63) is 65.0 Å². The fourth-order valence-corrected chi connectivity index (χ4v) is 3.82. The second-order valence-corrected chi connectivity index (χ2v) is 8.28. The van der Waals surface area contributed by atoms with E-state index in [9.17, 15) is 9.50 Å². The number of hydrogen-bond acceptors (Lipinski definition) is 4. The first-order valence-electron chi connectivity index (χ1n) is 11.3. The molecule has 1 fully saturated rings. The first-order chi connectivity index (χ1) is 15.5. The Kier molecular flexibility index (Phi) is 11.4. The number of aliphatic hydroxyl groups is 1. The number of hydrogen-bond donors (Lipinski definition) is 3. The van der Waals surface area contributed by atoms with E-state index in [4.69, 9.17) is 9.73 Å². The Hall–Kier alpha value is -1.91. The van der Waals surface area contributed by atoms with E-state index in [1.54, 1.807) is 6.07 Å². The summed E-state index contributed by atoms with van der Waals surface area (Å²) in [6, 6.07) is 13.4. The zero-order valence-electron chi connectivity index (χ0n) is 19.7. The highest BCUT2D eigenvalue weighted by molar-refractivity contribution is 14.0. The minimum atomic E-state index is -0.374. The van der Waals surface area contributed by atoms with Crippen molar-refractivity contribution >= 4 is 29.9 Å². The number of nitrogens with zero attached hydrogens (tertiary/aromatic N) is 2. The molecule has 1 unspecified atom stereocenters. The van der Waals surface area contributed by atoms with Crippen LogP contribution in [0.2, 0.25) is 0 Å². The van der Waals surface area contributed by atoms with E-state index >= 15 is 0 Å². The summed E-state index contributed by atoms with van der Waals surface area (Å²) >= 11 is 0. The SMILES string of the molecule is CCNC(=NCc1ccc(CN2CCC(O)CC2)cc1)NC(C)c1ccc(OC)c(F)c1.I. The van der Waals surface area contributed by atoms with Gasteiger partial charge in [-0.3, -0.25) is 4.90 Å². The summed E-state index contributed by atoms with van der Waals surface area (Å²) in [5.74, 6) is 0.552. The zero-order valence-corrected chi connectivity index (χ0v) is 22.0. The predicted molar refractivity (Wildman–Crippen MR) is 142 cm³/mol. The van der Waals surface area contributed by atoms with Crippen LogP contribution in [0.1, 0.15) is 49.4 Å². The molecule has 1 atom stereocenters. The summed E-state index contributed by atoms with van der Waals surface area (Å²) in [6.45, 7) is 8.08. The third-order valence-corrected chi connectivity index (χ3v) is 5.78. The van der Waals surface area contributed by atoms with E-state index in [0.29, 0.717) is 12.5 Å². The lowest BCUT2D eigenvalue weighted by atomic mass is 10.1. The molecule has 2 aromatic rings. The van der Waals surface area contributed by atoms with Crippen molar-refractivity contribution in [2.75, 3.05) is 26.7 Å². The lowest BCUT2D eigenvalue weighted by molar-refractivity contribution is 0.0792. The molecule has 0 spiro atoms. The number of benzene rings is 2. The number of nitrogens with one attached hydrogen (secondary N) is 2. The van der Waals surface area contributed by atoms with Crippen LogP contribution in [0.25, 0.3) is 0 Å². The van der Waals surface area contributed by atoms with E-state index in [0.717, 1.165) is 50.1 Å². The van der Waals surface area contributed by atoms with Gasteiger partial charge in [0.2, 0.25) is 0 Å². The lowest BCUT2D eigenvalue weighted by Gasteiger charge is -2.29. The molecule has 182 valence electrons. The highest BCUT2D eigenvalue weighted by Gasteiger charge is 2.16. The van der Waals surface area contributed by atoms with Gasteiger partial charge in [0.25, 0.3) is 0 Å². The van der Waals surface area contributed by atoms with Gasteiger partial charge in [-0.15, -0.1) is 24.0 Å². The van der Waals surface area contributed by atoms with Gasteiger partial charge in [-0.2, -0.15) is 0 Å². The maximum Gasteiger partial charge on any atom is 0.192 e. The third-order valence-electron chi connectivity index (χ3n) is 5.78. The highest BCUT2D eigenvalue weighted by Crippen LogP contribution is 2.21. The number of rotatable bonds is 8. The maximum absolute atomic E-state index is 14.1. The number of halogens is 2. The number of likely N-dealkylation sites (tertiary alicyclic amines) is 1.